The van der Waals surface area contributed by atoms with Gasteiger partial charge in [0.1, 0.15) is 17.9 Å². The number of benzene rings is 1. The summed E-state index contributed by atoms with van der Waals surface area (Å²) in [5.41, 5.74) is 0.971. The number of nitrogens with one attached hydrogen (secondary N) is 1. The van der Waals surface area contributed by atoms with Gasteiger partial charge < -0.3 is 14.1 Å². The van der Waals surface area contributed by atoms with Crippen LogP contribution in [0.25, 0.3) is 11.0 Å². The van der Waals surface area contributed by atoms with Crippen LogP contribution in [-0.4, -0.2) is 31.5 Å². The number of ether oxygens (including phenoxy) is 1. The minimum Gasteiger partial charge on any atom is -0.489 e. The minimum atomic E-state index is -2.63. The van der Waals surface area contributed by atoms with E-state index in [1.54, 1.807) is 18.2 Å². The molecule has 2 rings (SSSR count). The number of aromatic nitrogens is 2. The van der Waals surface area contributed by atoms with E-state index in [1.807, 2.05) is 0 Å². The highest BCUT2D eigenvalue weighted by Gasteiger charge is 2.36. The van der Waals surface area contributed by atoms with E-state index in [-0.39, 0.29) is 10.9 Å². The second-order valence-corrected chi connectivity index (χ2v) is 11.8. The number of fused-ring (bicyclic) bond motifs is 1. The molecule has 23 heavy (non-hydrogen) atoms. The maximum Gasteiger partial charge on any atom is 0.295 e. The lowest BCUT2D eigenvalue weighted by Gasteiger charge is -2.36. The van der Waals surface area contributed by atoms with Crippen molar-refractivity contribution in [3.63, 3.8) is 0 Å². The van der Waals surface area contributed by atoms with Crippen LogP contribution in [0.5, 0.6) is 5.75 Å². The highest BCUT2D eigenvalue weighted by Crippen LogP contribution is 2.36. The highest BCUT2D eigenvalue weighted by molar-refractivity contribution is 6.74. The van der Waals surface area contributed by atoms with Crippen molar-refractivity contribution in [3.05, 3.63) is 24.0 Å². The number of H-pyrrole nitrogens is 1. The van der Waals surface area contributed by atoms with Gasteiger partial charge in [0.25, 0.3) is 6.43 Å². The molecule has 0 saturated carbocycles. The number of rotatable bonds is 6. The van der Waals surface area contributed by atoms with Gasteiger partial charge in [0.2, 0.25) is 0 Å². The first kappa shape index (κ1) is 17.9. The zero-order valence-corrected chi connectivity index (χ0v) is 15.2. The Hall–Kier alpha value is -1.47. The van der Waals surface area contributed by atoms with E-state index in [9.17, 15) is 8.78 Å². The quantitative estimate of drug-likeness (QED) is 0.600. The molecule has 0 atom stereocenters. The molecular weight excluding hydrogens is 318 g/mol. The van der Waals surface area contributed by atoms with Crippen LogP contribution >= 0.6 is 0 Å². The summed E-state index contributed by atoms with van der Waals surface area (Å²) in [6.45, 7) is 11.7. The van der Waals surface area contributed by atoms with Gasteiger partial charge in [-0.2, -0.15) is 0 Å². The Morgan fingerprint density at radius 1 is 1.22 bits per heavy atom. The van der Waals surface area contributed by atoms with Crippen molar-refractivity contribution in [2.45, 2.75) is 45.3 Å². The number of halogens is 2. The van der Waals surface area contributed by atoms with Crippen LogP contribution in [0.2, 0.25) is 18.1 Å². The third kappa shape index (κ3) is 4.09. The number of hydrogen-bond acceptors (Lipinski definition) is 3. The second-order valence-electron chi connectivity index (χ2n) is 7.03. The summed E-state index contributed by atoms with van der Waals surface area (Å²) >= 11 is 0. The van der Waals surface area contributed by atoms with Crippen molar-refractivity contribution in [1.82, 2.24) is 9.97 Å². The monoisotopic (exact) mass is 342 g/mol. The normalized spacial score (nSPS) is 13.0. The maximum atomic E-state index is 12.7. The Balaban J connectivity index is 2.00. The van der Waals surface area contributed by atoms with Crippen molar-refractivity contribution in [3.8, 4) is 5.75 Å². The minimum absolute atomic E-state index is 0.140. The Bertz CT molecular complexity index is 666. The molecule has 1 aromatic heterocycles. The highest BCUT2D eigenvalue weighted by atomic mass is 28.4. The molecule has 0 fully saturated rings. The molecule has 0 amide bonds. The molecule has 0 spiro atoms. The molecule has 7 heteroatoms. The Morgan fingerprint density at radius 2 is 1.91 bits per heavy atom. The average molecular weight is 342 g/mol. The summed E-state index contributed by atoms with van der Waals surface area (Å²) < 4.78 is 37.2. The predicted molar refractivity (Wildman–Crippen MR) is 89.7 cm³/mol. The summed E-state index contributed by atoms with van der Waals surface area (Å²) in [6.07, 6.45) is -2.63. The van der Waals surface area contributed by atoms with E-state index in [4.69, 9.17) is 9.16 Å². The SMILES string of the molecule is CC(C)(C)[Si](C)(C)OCCOc1cccc2[nH]c(C(F)F)nc12. The van der Waals surface area contributed by atoms with E-state index in [2.05, 4.69) is 43.8 Å². The molecular formula is C16H24F2N2O2Si. The zero-order chi connectivity index (χ0) is 17.3. The smallest absolute Gasteiger partial charge is 0.295 e. The summed E-state index contributed by atoms with van der Waals surface area (Å²) in [5, 5.41) is 0.140. The number of hydrogen-bond donors (Lipinski definition) is 1. The zero-order valence-electron chi connectivity index (χ0n) is 14.2. The molecule has 0 saturated heterocycles. The van der Waals surface area contributed by atoms with Crippen molar-refractivity contribution in [2.75, 3.05) is 13.2 Å². The van der Waals surface area contributed by atoms with Crippen LogP contribution in [0.15, 0.2) is 18.2 Å². The summed E-state index contributed by atoms with van der Waals surface area (Å²) in [4.78, 5) is 6.52. The van der Waals surface area contributed by atoms with Gasteiger partial charge in [0.15, 0.2) is 14.1 Å². The number of para-hydroxylation sites is 1. The van der Waals surface area contributed by atoms with Gasteiger partial charge in [-0.1, -0.05) is 26.8 Å². The van der Waals surface area contributed by atoms with Gasteiger partial charge in [-0.15, -0.1) is 0 Å². The molecule has 0 aliphatic carbocycles. The molecule has 1 heterocycles. The number of alkyl halides is 2. The van der Waals surface area contributed by atoms with Crippen LogP contribution in [0.1, 0.15) is 33.0 Å². The largest absolute Gasteiger partial charge is 0.489 e. The molecule has 128 valence electrons. The molecule has 0 aliphatic heterocycles. The summed E-state index contributed by atoms with van der Waals surface area (Å²) in [5.74, 6) is 0.151. The Kier molecular flexibility index (Phi) is 5.10. The van der Waals surface area contributed by atoms with Crippen molar-refractivity contribution < 1.29 is 17.9 Å². The first-order chi connectivity index (χ1) is 10.6. The van der Waals surface area contributed by atoms with Gasteiger partial charge >= 0.3 is 0 Å². The van der Waals surface area contributed by atoms with Crippen molar-refractivity contribution in [2.24, 2.45) is 0 Å². The van der Waals surface area contributed by atoms with Gasteiger partial charge in [0.05, 0.1) is 12.1 Å². The molecule has 2 aromatic rings. The van der Waals surface area contributed by atoms with E-state index >= 15 is 0 Å². The van der Waals surface area contributed by atoms with Crippen LogP contribution in [0, 0.1) is 0 Å². The first-order valence-electron chi connectivity index (χ1n) is 7.65. The van der Waals surface area contributed by atoms with Crippen LogP contribution in [0.3, 0.4) is 0 Å². The third-order valence-electron chi connectivity index (χ3n) is 4.31. The lowest BCUT2D eigenvalue weighted by molar-refractivity contribution is 0.142. The topological polar surface area (TPSA) is 47.1 Å². The molecule has 0 aliphatic rings. The third-order valence-corrected chi connectivity index (χ3v) is 8.85. The Labute approximate surface area is 136 Å². The van der Waals surface area contributed by atoms with Gasteiger partial charge in [-0.05, 0) is 30.3 Å². The van der Waals surface area contributed by atoms with Crippen LogP contribution in [-0.2, 0) is 4.43 Å². The standard InChI is InChI=1S/C16H24F2N2O2Si/c1-16(2,3)23(4,5)22-10-9-21-12-8-6-7-11-13(12)20-15(19-11)14(17)18/h6-8,14H,9-10H2,1-5H3,(H,19,20). The number of nitrogens with zero attached hydrogens (tertiary/aromatic N) is 1. The maximum absolute atomic E-state index is 12.7. The number of imidazole rings is 1. The molecule has 4 nitrogen and oxygen atoms in total. The van der Waals surface area contributed by atoms with Crippen molar-refractivity contribution >= 4 is 19.4 Å². The van der Waals surface area contributed by atoms with Gasteiger partial charge in [0, 0.05) is 0 Å². The average Bonchev–Trinajstić information content (AvgIpc) is 2.87. The van der Waals surface area contributed by atoms with E-state index in [1.165, 1.54) is 0 Å². The van der Waals surface area contributed by atoms with E-state index in [0.717, 1.165) is 0 Å². The van der Waals surface area contributed by atoms with Gasteiger partial charge in [-0.3, -0.25) is 0 Å². The summed E-state index contributed by atoms with van der Waals surface area (Å²) in [7, 11) is -1.81. The van der Waals surface area contributed by atoms with Gasteiger partial charge in [-0.25, -0.2) is 13.8 Å². The van der Waals surface area contributed by atoms with E-state index < -0.39 is 14.7 Å². The first-order valence-corrected chi connectivity index (χ1v) is 10.6. The second kappa shape index (κ2) is 6.57. The molecule has 0 radical (unpaired) electrons. The molecule has 1 aromatic carbocycles. The molecule has 0 unspecified atom stereocenters. The fourth-order valence-electron chi connectivity index (χ4n) is 1.91. The van der Waals surface area contributed by atoms with Crippen LogP contribution in [0.4, 0.5) is 8.78 Å². The predicted octanol–water partition coefficient (Wildman–Crippen LogP) is 4.90. The lowest BCUT2D eigenvalue weighted by Crippen LogP contribution is -2.41. The number of aromatic amines is 1. The Morgan fingerprint density at radius 3 is 2.52 bits per heavy atom. The lowest BCUT2D eigenvalue weighted by atomic mass is 10.2. The van der Waals surface area contributed by atoms with E-state index in [0.29, 0.717) is 30.0 Å². The van der Waals surface area contributed by atoms with Crippen LogP contribution < -0.4 is 4.74 Å². The molecule has 0 bridgehead atoms. The fraction of sp³-hybridized carbons (Fsp3) is 0.562. The van der Waals surface area contributed by atoms with Crippen molar-refractivity contribution in [1.29, 1.82) is 0 Å². The fourth-order valence-corrected chi connectivity index (χ4v) is 2.94. The molecule has 1 N–H and O–H groups in total. The summed E-state index contributed by atoms with van der Waals surface area (Å²) in [6, 6.07) is 5.18.